The molecule has 0 aliphatic heterocycles. The Balaban J connectivity index is 2.38. The van der Waals surface area contributed by atoms with Crippen molar-refractivity contribution in [2.24, 2.45) is 11.8 Å². The molecule has 0 spiro atoms. The summed E-state index contributed by atoms with van der Waals surface area (Å²) in [5.74, 6) is 0.830. The van der Waals surface area contributed by atoms with Crippen LogP contribution in [0.3, 0.4) is 0 Å². The predicted octanol–water partition coefficient (Wildman–Crippen LogP) is 6.34. The SMILES string of the molecule is CC/C=C(\COCOC)[C@@H](C[C@@H](O)[C@@H](CCC)Cc1cc(CC(C)C)c(O)c(CO)c1OC)OCc1ccccc1. The maximum atomic E-state index is 11.7. The van der Waals surface area contributed by atoms with E-state index in [1.807, 2.05) is 36.4 Å². The number of aromatic hydroxyl groups is 1. The fourth-order valence-electron chi connectivity index (χ4n) is 5.37. The normalized spacial score (nSPS) is 14.3. The summed E-state index contributed by atoms with van der Waals surface area (Å²) in [6, 6.07) is 12.0. The maximum Gasteiger partial charge on any atom is 0.146 e. The van der Waals surface area contributed by atoms with E-state index < -0.39 is 6.10 Å². The molecule has 7 heteroatoms. The monoisotopic (exact) mass is 572 g/mol. The number of benzene rings is 2. The minimum absolute atomic E-state index is 0.0810. The lowest BCUT2D eigenvalue weighted by Crippen LogP contribution is -2.31. The van der Waals surface area contributed by atoms with Crippen LogP contribution in [0.5, 0.6) is 11.5 Å². The third kappa shape index (κ3) is 11.1. The standard InChI is InChI=1S/C34H52O7/c1-7-12-26(17-29-18-28(16-24(3)4)33(37)30(20-35)34(29)39-6)31(36)19-32(27(13-8-2)22-40-23-38-5)41-21-25-14-10-9-11-15-25/h9-11,13-15,18,24,26,31-32,35-37H,7-8,12,16-17,19-23H2,1-6H3/b27-13+/t26-,31+,32+/m0/s1. The van der Waals surface area contributed by atoms with Crippen molar-refractivity contribution in [3.05, 3.63) is 70.3 Å². The van der Waals surface area contributed by atoms with Crippen LogP contribution in [0.15, 0.2) is 48.0 Å². The van der Waals surface area contributed by atoms with Gasteiger partial charge in [-0.3, -0.25) is 0 Å². The molecule has 0 aliphatic carbocycles. The van der Waals surface area contributed by atoms with Crippen molar-refractivity contribution in [1.82, 2.24) is 0 Å². The van der Waals surface area contributed by atoms with Crippen molar-refractivity contribution >= 4 is 0 Å². The van der Waals surface area contributed by atoms with E-state index in [0.29, 0.717) is 49.7 Å². The summed E-state index contributed by atoms with van der Waals surface area (Å²) in [7, 11) is 3.15. The number of hydrogen-bond donors (Lipinski definition) is 3. The van der Waals surface area contributed by atoms with E-state index in [1.165, 1.54) is 0 Å². The molecule has 3 N–H and O–H groups in total. The zero-order valence-corrected chi connectivity index (χ0v) is 25.9. The Kier molecular flexibility index (Phi) is 16.0. The molecule has 0 bridgehead atoms. The first-order valence-electron chi connectivity index (χ1n) is 14.9. The zero-order valence-electron chi connectivity index (χ0n) is 25.9. The fraction of sp³-hybridized carbons (Fsp3) is 0.588. The third-order valence-corrected chi connectivity index (χ3v) is 7.28. The molecule has 0 unspecified atom stereocenters. The van der Waals surface area contributed by atoms with Crippen molar-refractivity contribution in [3.8, 4) is 11.5 Å². The summed E-state index contributed by atoms with van der Waals surface area (Å²) in [6.07, 6.45) is 5.27. The van der Waals surface area contributed by atoms with Gasteiger partial charge < -0.3 is 34.3 Å². The van der Waals surface area contributed by atoms with Crippen LogP contribution in [-0.4, -0.2) is 55.1 Å². The number of ether oxygens (including phenoxy) is 4. The van der Waals surface area contributed by atoms with Crippen LogP contribution in [0.25, 0.3) is 0 Å². The fourth-order valence-corrected chi connectivity index (χ4v) is 5.37. The lowest BCUT2D eigenvalue weighted by Gasteiger charge is -2.29. The number of hydrogen-bond acceptors (Lipinski definition) is 7. The van der Waals surface area contributed by atoms with E-state index in [0.717, 1.165) is 41.5 Å². The van der Waals surface area contributed by atoms with Crippen LogP contribution in [0.1, 0.15) is 75.6 Å². The first-order valence-corrected chi connectivity index (χ1v) is 14.9. The van der Waals surface area contributed by atoms with E-state index in [9.17, 15) is 15.3 Å². The molecular formula is C34H52O7. The average molecular weight is 573 g/mol. The van der Waals surface area contributed by atoms with Gasteiger partial charge in [-0.1, -0.05) is 70.5 Å². The van der Waals surface area contributed by atoms with Crippen molar-refractivity contribution in [2.45, 2.75) is 91.6 Å². The molecule has 0 fully saturated rings. The lowest BCUT2D eigenvalue weighted by atomic mass is 9.84. The Hall–Kier alpha value is -2.42. The molecular weight excluding hydrogens is 520 g/mol. The molecule has 2 aromatic carbocycles. The zero-order chi connectivity index (χ0) is 30.2. The summed E-state index contributed by atoms with van der Waals surface area (Å²) >= 11 is 0. The molecule has 230 valence electrons. The summed E-state index contributed by atoms with van der Waals surface area (Å²) in [6.45, 7) is 9.02. The lowest BCUT2D eigenvalue weighted by molar-refractivity contribution is -0.0376. The highest BCUT2D eigenvalue weighted by atomic mass is 16.7. The van der Waals surface area contributed by atoms with Crippen LogP contribution in [0, 0.1) is 11.8 Å². The van der Waals surface area contributed by atoms with Gasteiger partial charge in [0.15, 0.2) is 0 Å². The van der Waals surface area contributed by atoms with E-state index >= 15 is 0 Å². The molecule has 0 saturated carbocycles. The summed E-state index contributed by atoms with van der Waals surface area (Å²) in [4.78, 5) is 0. The Labute approximate surface area is 247 Å². The van der Waals surface area contributed by atoms with Gasteiger partial charge >= 0.3 is 0 Å². The quantitative estimate of drug-likeness (QED) is 0.0967. The molecule has 2 aromatic rings. The molecule has 7 nitrogen and oxygen atoms in total. The Morgan fingerprint density at radius 3 is 2.34 bits per heavy atom. The number of allylic oxidation sites excluding steroid dienone is 1. The highest BCUT2D eigenvalue weighted by Crippen LogP contribution is 2.38. The average Bonchev–Trinajstić information content (AvgIpc) is 2.96. The van der Waals surface area contributed by atoms with Crippen molar-refractivity contribution in [1.29, 1.82) is 0 Å². The predicted molar refractivity (Wildman–Crippen MR) is 163 cm³/mol. The molecule has 0 amide bonds. The van der Waals surface area contributed by atoms with Crippen LogP contribution < -0.4 is 4.74 Å². The topological polar surface area (TPSA) is 97.6 Å². The van der Waals surface area contributed by atoms with Crippen molar-refractivity contribution in [3.63, 3.8) is 0 Å². The second-order valence-electron chi connectivity index (χ2n) is 11.1. The van der Waals surface area contributed by atoms with Gasteiger partial charge in [-0.25, -0.2) is 0 Å². The minimum Gasteiger partial charge on any atom is -0.507 e. The molecule has 41 heavy (non-hydrogen) atoms. The largest absolute Gasteiger partial charge is 0.507 e. The molecule has 0 radical (unpaired) electrons. The van der Waals surface area contributed by atoms with Crippen LogP contribution in [-0.2, 0) is 40.3 Å². The second-order valence-corrected chi connectivity index (χ2v) is 11.1. The van der Waals surface area contributed by atoms with Gasteiger partial charge in [0.1, 0.15) is 18.3 Å². The van der Waals surface area contributed by atoms with Crippen LogP contribution >= 0.6 is 0 Å². The Bertz CT molecular complexity index is 1040. The first-order chi connectivity index (χ1) is 19.8. The van der Waals surface area contributed by atoms with Crippen LogP contribution in [0.2, 0.25) is 0 Å². The highest BCUT2D eigenvalue weighted by molar-refractivity contribution is 5.54. The molecule has 0 aromatic heterocycles. The van der Waals surface area contributed by atoms with Crippen molar-refractivity contribution < 1.29 is 34.3 Å². The number of methoxy groups -OCH3 is 2. The first kappa shape index (κ1) is 34.8. The van der Waals surface area contributed by atoms with E-state index in [4.69, 9.17) is 18.9 Å². The summed E-state index contributed by atoms with van der Waals surface area (Å²) < 4.78 is 22.9. The summed E-state index contributed by atoms with van der Waals surface area (Å²) in [5, 5.41) is 32.7. The van der Waals surface area contributed by atoms with Gasteiger partial charge in [-0.05, 0) is 65.8 Å². The minimum atomic E-state index is -0.664. The summed E-state index contributed by atoms with van der Waals surface area (Å²) in [5.41, 5.74) is 4.12. The second kappa shape index (κ2) is 18.9. The number of rotatable bonds is 20. The van der Waals surface area contributed by atoms with Crippen molar-refractivity contribution in [2.75, 3.05) is 27.6 Å². The number of aliphatic hydroxyl groups is 2. The van der Waals surface area contributed by atoms with Gasteiger partial charge in [0, 0.05) is 13.5 Å². The van der Waals surface area contributed by atoms with Crippen LogP contribution in [0.4, 0.5) is 0 Å². The molecule has 2 rings (SSSR count). The van der Waals surface area contributed by atoms with E-state index in [1.54, 1.807) is 14.2 Å². The Morgan fingerprint density at radius 2 is 1.76 bits per heavy atom. The molecule has 3 atom stereocenters. The maximum absolute atomic E-state index is 11.7. The molecule has 0 saturated heterocycles. The smallest absolute Gasteiger partial charge is 0.146 e. The Morgan fingerprint density at radius 1 is 1.02 bits per heavy atom. The van der Waals surface area contributed by atoms with E-state index in [2.05, 4.69) is 33.8 Å². The number of aliphatic hydroxyl groups excluding tert-OH is 2. The van der Waals surface area contributed by atoms with Gasteiger partial charge in [0.25, 0.3) is 0 Å². The number of phenols is 1. The van der Waals surface area contributed by atoms with Gasteiger partial charge in [0.2, 0.25) is 0 Å². The van der Waals surface area contributed by atoms with Gasteiger partial charge in [-0.2, -0.15) is 0 Å². The van der Waals surface area contributed by atoms with Gasteiger partial charge in [-0.15, -0.1) is 0 Å². The third-order valence-electron chi connectivity index (χ3n) is 7.28. The van der Waals surface area contributed by atoms with Gasteiger partial charge in [0.05, 0.1) is 44.7 Å². The highest BCUT2D eigenvalue weighted by Gasteiger charge is 2.28. The molecule has 0 heterocycles. The van der Waals surface area contributed by atoms with E-state index in [-0.39, 0.29) is 31.2 Å². The molecule has 0 aliphatic rings.